The zero-order valence-electron chi connectivity index (χ0n) is 18.0. The summed E-state index contributed by atoms with van der Waals surface area (Å²) < 4.78 is 46.3. The molecule has 0 saturated carbocycles. The van der Waals surface area contributed by atoms with Crippen LogP contribution in [0.1, 0.15) is 25.7 Å². The number of amides is 1. The Bertz CT molecular complexity index is 1050. The van der Waals surface area contributed by atoms with Crippen molar-refractivity contribution in [2.75, 3.05) is 32.7 Å². The van der Waals surface area contributed by atoms with E-state index in [9.17, 15) is 17.6 Å². The number of rotatable bonds is 7. The first-order valence-electron chi connectivity index (χ1n) is 10.8. The number of benzene rings is 1. The molecule has 2 aliphatic heterocycles. The zero-order chi connectivity index (χ0) is 23.4. The SMILES string of the molecule is O=C(CNS(=O)(=O)c1ccc(F)c(Cl)c1)N1CCC(N2CCC(Oc3nccs3)CC2)CC1. The number of thiazole rings is 1. The van der Waals surface area contributed by atoms with Gasteiger partial charge in [-0.15, -0.1) is 0 Å². The maximum Gasteiger partial charge on any atom is 0.273 e. The molecule has 8 nitrogen and oxygen atoms in total. The van der Waals surface area contributed by atoms with E-state index < -0.39 is 15.8 Å². The Balaban J connectivity index is 1.20. The Labute approximate surface area is 201 Å². The van der Waals surface area contributed by atoms with E-state index in [2.05, 4.69) is 14.6 Å². The number of nitrogens with one attached hydrogen (secondary N) is 1. The van der Waals surface area contributed by atoms with Crippen LogP contribution in [0.25, 0.3) is 0 Å². The van der Waals surface area contributed by atoms with E-state index in [4.69, 9.17) is 16.3 Å². The first-order valence-corrected chi connectivity index (χ1v) is 13.6. The summed E-state index contributed by atoms with van der Waals surface area (Å²) in [6.07, 6.45) is 5.54. The summed E-state index contributed by atoms with van der Waals surface area (Å²) in [5.41, 5.74) is 0. The van der Waals surface area contributed by atoms with Crippen LogP contribution in [0.4, 0.5) is 4.39 Å². The van der Waals surface area contributed by atoms with E-state index in [0.29, 0.717) is 19.1 Å². The number of carbonyl (C=O) groups excluding carboxylic acids is 1. The lowest BCUT2D eigenvalue weighted by atomic mass is 9.99. The second kappa shape index (κ2) is 10.6. The second-order valence-corrected chi connectivity index (χ2v) is 11.2. The number of halogens is 2. The van der Waals surface area contributed by atoms with E-state index in [1.807, 2.05) is 5.38 Å². The lowest BCUT2D eigenvalue weighted by molar-refractivity contribution is -0.131. The second-order valence-electron chi connectivity index (χ2n) is 8.16. The zero-order valence-corrected chi connectivity index (χ0v) is 20.3. The van der Waals surface area contributed by atoms with Crippen LogP contribution in [0, 0.1) is 5.82 Å². The first kappa shape index (κ1) is 24.3. The number of nitrogens with zero attached hydrogens (tertiary/aromatic N) is 3. The number of carbonyl (C=O) groups is 1. The van der Waals surface area contributed by atoms with Gasteiger partial charge in [-0.1, -0.05) is 22.9 Å². The average molecular weight is 517 g/mol. The third-order valence-corrected chi connectivity index (χ3v) is 8.45. The average Bonchev–Trinajstić information content (AvgIpc) is 3.33. The Morgan fingerprint density at radius 2 is 1.94 bits per heavy atom. The molecule has 1 N–H and O–H groups in total. The van der Waals surface area contributed by atoms with E-state index >= 15 is 0 Å². The van der Waals surface area contributed by atoms with Crippen LogP contribution in [0.2, 0.25) is 5.02 Å². The molecule has 0 radical (unpaired) electrons. The van der Waals surface area contributed by atoms with Gasteiger partial charge < -0.3 is 9.64 Å². The molecule has 0 unspecified atom stereocenters. The minimum atomic E-state index is -3.96. The molecular weight excluding hydrogens is 491 g/mol. The molecule has 4 rings (SSSR count). The maximum atomic E-state index is 13.3. The molecule has 1 amide bonds. The molecule has 3 heterocycles. The van der Waals surface area contributed by atoms with Gasteiger partial charge in [0.25, 0.3) is 5.19 Å². The van der Waals surface area contributed by atoms with Gasteiger partial charge in [-0.3, -0.25) is 9.69 Å². The Morgan fingerprint density at radius 1 is 1.21 bits per heavy atom. The topological polar surface area (TPSA) is 91.8 Å². The van der Waals surface area contributed by atoms with E-state index in [-0.39, 0.29) is 28.5 Å². The minimum Gasteiger partial charge on any atom is -0.467 e. The monoisotopic (exact) mass is 516 g/mol. The summed E-state index contributed by atoms with van der Waals surface area (Å²) in [6.45, 7) is 2.73. The largest absolute Gasteiger partial charge is 0.467 e. The smallest absolute Gasteiger partial charge is 0.273 e. The fraction of sp³-hybridized carbons (Fsp3) is 0.524. The molecule has 180 valence electrons. The summed E-state index contributed by atoms with van der Waals surface area (Å²) >= 11 is 7.17. The highest BCUT2D eigenvalue weighted by Gasteiger charge is 2.30. The number of sulfonamides is 1. The summed E-state index contributed by atoms with van der Waals surface area (Å²) in [5, 5.41) is 2.34. The van der Waals surface area contributed by atoms with Crippen LogP contribution >= 0.6 is 22.9 Å². The lowest BCUT2D eigenvalue weighted by Crippen LogP contribution is -2.51. The number of aromatic nitrogens is 1. The van der Waals surface area contributed by atoms with Gasteiger partial charge in [-0.05, 0) is 43.9 Å². The van der Waals surface area contributed by atoms with Crippen molar-refractivity contribution in [1.82, 2.24) is 19.5 Å². The number of ether oxygens (including phenoxy) is 1. The van der Waals surface area contributed by atoms with Gasteiger partial charge in [0, 0.05) is 43.8 Å². The lowest BCUT2D eigenvalue weighted by Gasteiger charge is -2.41. The molecule has 0 aliphatic carbocycles. The quantitative estimate of drug-likeness (QED) is 0.608. The van der Waals surface area contributed by atoms with Crippen LogP contribution in [0.15, 0.2) is 34.7 Å². The van der Waals surface area contributed by atoms with Crippen LogP contribution in [-0.2, 0) is 14.8 Å². The van der Waals surface area contributed by atoms with Crippen LogP contribution in [0.5, 0.6) is 5.19 Å². The van der Waals surface area contributed by atoms with Gasteiger partial charge >= 0.3 is 0 Å². The Kier molecular flexibility index (Phi) is 7.85. The molecule has 33 heavy (non-hydrogen) atoms. The van der Waals surface area contributed by atoms with Crippen molar-refractivity contribution in [3.05, 3.63) is 40.6 Å². The summed E-state index contributed by atoms with van der Waals surface area (Å²) in [5.74, 6) is -0.980. The molecule has 1 aromatic carbocycles. The standard InChI is InChI=1S/C21H26ClFN4O4S2/c22-18-13-17(1-2-19(18)23)33(29,30)25-14-20(28)27-8-3-15(4-9-27)26-10-5-16(6-11-26)31-21-24-7-12-32-21/h1-2,7,12-13,15-16,25H,3-6,8-11,14H2. The highest BCUT2D eigenvalue weighted by molar-refractivity contribution is 7.89. The van der Waals surface area contributed by atoms with Gasteiger partial charge in [-0.25, -0.2) is 22.5 Å². The molecule has 0 atom stereocenters. The first-order chi connectivity index (χ1) is 15.8. The molecule has 2 aliphatic rings. The molecule has 12 heteroatoms. The molecule has 2 fully saturated rings. The molecule has 2 aromatic rings. The number of hydrogen-bond acceptors (Lipinski definition) is 7. The Morgan fingerprint density at radius 3 is 2.58 bits per heavy atom. The fourth-order valence-electron chi connectivity index (χ4n) is 4.25. The van der Waals surface area contributed by atoms with Crippen molar-refractivity contribution in [2.24, 2.45) is 0 Å². The van der Waals surface area contributed by atoms with Crippen molar-refractivity contribution < 1.29 is 22.3 Å². The van der Waals surface area contributed by atoms with Crippen molar-refractivity contribution >= 4 is 38.9 Å². The number of hydrogen-bond donors (Lipinski definition) is 1. The van der Waals surface area contributed by atoms with Gasteiger partial charge in [0.1, 0.15) is 11.9 Å². The molecule has 1 aromatic heterocycles. The highest BCUT2D eigenvalue weighted by atomic mass is 35.5. The summed E-state index contributed by atoms with van der Waals surface area (Å²) in [7, 11) is -3.96. The van der Waals surface area contributed by atoms with Crippen molar-refractivity contribution in [1.29, 1.82) is 0 Å². The highest BCUT2D eigenvalue weighted by Crippen LogP contribution is 2.25. The van der Waals surface area contributed by atoms with Crippen molar-refractivity contribution in [3.63, 3.8) is 0 Å². The van der Waals surface area contributed by atoms with Gasteiger partial charge in [0.15, 0.2) is 0 Å². The maximum absolute atomic E-state index is 13.3. The van der Waals surface area contributed by atoms with Crippen LogP contribution in [-0.4, -0.2) is 74.0 Å². The normalized spacial score (nSPS) is 19.0. The third-order valence-electron chi connectivity index (χ3n) is 6.10. The van der Waals surface area contributed by atoms with Crippen LogP contribution in [0.3, 0.4) is 0 Å². The van der Waals surface area contributed by atoms with E-state index in [1.165, 1.54) is 11.3 Å². The number of piperidine rings is 2. The minimum absolute atomic E-state index is 0.178. The fourth-order valence-corrected chi connectivity index (χ4v) is 6.04. The molecule has 0 bridgehead atoms. The molecule has 2 saturated heterocycles. The predicted molar refractivity (Wildman–Crippen MR) is 124 cm³/mol. The van der Waals surface area contributed by atoms with Gasteiger partial charge in [0.05, 0.1) is 16.5 Å². The summed E-state index contributed by atoms with van der Waals surface area (Å²) in [4.78, 5) is 20.7. The van der Waals surface area contributed by atoms with Crippen molar-refractivity contribution in [2.45, 2.75) is 42.7 Å². The third kappa shape index (κ3) is 6.21. The summed E-state index contributed by atoms with van der Waals surface area (Å²) in [6, 6.07) is 3.54. The molecule has 0 spiro atoms. The van der Waals surface area contributed by atoms with Gasteiger partial charge in [-0.2, -0.15) is 0 Å². The molecular formula is C21H26ClFN4O4S2. The predicted octanol–water partition coefficient (Wildman–Crippen LogP) is 2.75. The van der Waals surface area contributed by atoms with E-state index in [0.717, 1.165) is 62.2 Å². The number of likely N-dealkylation sites (tertiary alicyclic amines) is 2. The van der Waals surface area contributed by atoms with Crippen molar-refractivity contribution in [3.8, 4) is 5.19 Å². The van der Waals surface area contributed by atoms with Crippen LogP contribution < -0.4 is 9.46 Å². The van der Waals surface area contributed by atoms with Gasteiger partial charge in [0.2, 0.25) is 15.9 Å². The Hall–Kier alpha value is -1.79. The van der Waals surface area contributed by atoms with E-state index in [1.54, 1.807) is 11.1 Å².